The Morgan fingerprint density at radius 3 is 2.58 bits per heavy atom. The van der Waals surface area contributed by atoms with Crippen molar-refractivity contribution in [1.82, 2.24) is 0 Å². The first-order valence-electron chi connectivity index (χ1n) is 5.97. The highest BCUT2D eigenvalue weighted by atomic mass is 79.9. The van der Waals surface area contributed by atoms with Gasteiger partial charge in [-0.25, -0.2) is 13.6 Å². The van der Waals surface area contributed by atoms with Crippen LogP contribution in [0.15, 0.2) is 22.7 Å². The molecule has 0 aliphatic heterocycles. The molecule has 4 nitrogen and oxygen atoms in total. The topological polar surface area (TPSA) is 69.4 Å². The van der Waals surface area contributed by atoms with Gasteiger partial charge in [-0.15, -0.1) is 0 Å². The predicted octanol–water partition coefficient (Wildman–Crippen LogP) is 3.33. The molecule has 0 saturated carbocycles. The first-order valence-corrected chi connectivity index (χ1v) is 8.85. The SMILES string of the molecule is NS(=O)(=O)CCCCCCOc1cc(Br)ccc1Cl. The molecule has 2 N–H and O–H groups in total. The average Bonchev–Trinajstić information content (AvgIpc) is 2.31. The lowest BCUT2D eigenvalue weighted by molar-refractivity contribution is 0.305. The summed E-state index contributed by atoms with van der Waals surface area (Å²) in [6.07, 6.45) is 3.18. The number of ether oxygens (including phenoxy) is 1. The Morgan fingerprint density at radius 1 is 1.21 bits per heavy atom. The summed E-state index contributed by atoms with van der Waals surface area (Å²) in [6.45, 7) is 0.561. The van der Waals surface area contributed by atoms with Crippen molar-refractivity contribution < 1.29 is 13.2 Å². The Bertz CT molecular complexity index is 508. The number of benzene rings is 1. The smallest absolute Gasteiger partial charge is 0.209 e. The van der Waals surface area contributed by atoms with Crippen LogP contribution in [0, 0.1) is 0 Å². The molecule has 0 aromatic heterocycles. The van der Waals surface area contributed by atoms with Crippen LogP contribution in [-0.2, 0) is 10.0 Å². The minimum atomic E-state index is -3.32. The Kier molecular flexibility index (Phi) is 7.13. The van der Waals surface area contributed by atoms with Crippen molar-refractivity contribution in [2.45, 2.75) is 25.7 Å². The Balaban J connectivity index is 2.16. The van der Waals surface area contributed by atoms with Crippen molar-refractivity contribution in [3.8, 4) is 5.75 Å². The van der Waals surface area contributed by atoms with Crippen LogP contribution < -0.4 is 9.88 Å². The molecular weight excluding hydrogens is 354 g/mol. The zero-order chi connectivity index (χ0) is 14.3. The van der Waals surface area contributed by atoms with Gasteiger partial charge in [-0.05, 0) is 31.0 Å². The van der Waals surface area contributed by atoms with Crippen LogP contribution in [0.3, 0.4) is 0 Å². The quantitative estimate of drug-likeness (QED) is 0.714. The zero-order valence-electron chi connectivity index (χ0n) is 10.4. The molecule has 0 amide bonds. The third-order valence-corrected chi connectivity index (χ3v) is 4.14. The highest BCUT2D eigenvalue weighted by Crippen LogP contribution is 2.28. The summed E-state index contributed by atoms with van der Waals surface area (Å²) >= 11 is 9.33. The minimum absolute atomic E-state index is 0.0469. The van der Waals surface area contributed by atoms with Crippen LogP contribution in [0.1, 0.15) is 25.7 Å². The van der Waals surface area contributed by atoms with Crippen molar-refractivity contribution in [2.75, 3.05) is 12.4 Å². The fourth-order valence-corrected chi connectivity index (χ4v) is 2.65. The lowest BCUT2D eigenvalue weighted by atomic mass is 10.2. The summed E-state index contributed by atoms with van der Waals surface area (Å²) in [5.41, 5.74) is 0. The van der Waals surface area contributed by atoms with Gasteiger partial charge in [0.2, 0.25) is 10.0 Å². The summed E-state index contributed by atoms with van der Waals surface area (Å²) in [5.74, 6) is 0.700. The summed E-state index contributed by atoms with van der Waals surface area (Å²) in [6, 6.07) is 5.44. The van der Waals surface area contributed by atoms with Crippen LogP contribution in [0.5, 0.6) is 5.75 Å². The molecule has 0 bridgehead atoms. The van der Waals surface area contributed by atoms with Gasteiger partial charge in [0.1, 0.15) is 5.75 Å². The average molecular weight is 371 g/mol. The molecule has 108 valence electrons. The molecule has 0 saturated heterocycles. The second-order valence-corrected chi connectivity index (χ2v) is 7.26. The summed E-state index contributed by atoms with van der Waals surface area (Å²) in [4.78, 5) is 0. The largest absolute Gasteiger partial charge is 0.492 e. The maximum absolute atomic E-state index is 10.7. The number of unbranched alkanes of at least 4 members (excludes halogenated alkanes) is 3. The third-order valence-electron chi connectivity index (χ3n) is 2.47. The fraction of sp³-hybridized carbons (Fsp3) is 0.500. The molecule has 0 atom stereocenters. The number of halogens is 2. The van der Waals surface area contributed by atoms with Gasteiger partial charge in [0.25, 0.3) is 0 Å². The normalized spacial score (nSPS) is 11.5. The van der Waals surface area contributed by atoms with E-state index in [0.717, 1.165) is 23.7 Å². The van der Waals surface area contributed by atoms with Crippen LogP contribution >= 0.6 is 27.5 Å². The molecule has 0 fully saturated rings. The van der Waals surface area contributed by atoms with Crippen LogP contribution in [0.25, 0.3) is 0 Å². The predicted molar refractivity (Wildman–Crippen MR) is 81.1 cm³/mol. The number of rotatable bonds is 8. The van der Waals surface area contributed by atoms with E-state index in [2.05, 4.69) is 15.9 Å². The van der Waals surface area contributed by atoms with Gasteiger partial charge in [-0.1, -0.05) is 40.4 Å². The van der Waals surface area contributed by atoms with Crippen molar-refractivity contribution in [1.29, 1.82) is 0 Å². The van der Waals surface area contributed by atoms with Gasteiger partial charge >= 0.3 is 0 Å². The highest BCUT2D eigenvalue weighted by Gasteiger charge is 2.03. The molecule has 0 heterocycles. The molecule has 1 aromatic rings. The molecular formula is C12H17BrClNO3S. The lowest BCUT2D eigenvalue weighted by Gasteiger charge is -2.08. The van der Waals surface area contributed by atoms with Gasteiger partial charge in [0.05, 0.1) is 17.4 Å². The van der Waals surface area contributed by atoms with Crippen molar-refractivity contribution in [3.63, 3.8) is 0 Å². The molecule has 0 aliphatic rings. The maximum Gasteiger partial charge on any atom is 0.209 e. The monoisotopic (exact) mass is 369 g/mol. The molecule has 0 aliphatic carbocycles. The van der Waals surface area contributed by atoms with E-state index < -0.39 is 10.0 Å². The Hall–Kier alpha value is -0.300. The summed E-state index contributed by atoms with van der Waals surface area (Å²) < 4.78 is 27.9. The maximum atomic E-state index is 10.7. The Morgan fingerprint density at radius 2 is 1.89 bits per heavy atom. The van der Waals surface area contributed by atoms with Gasteiger partial charge in [-0.2, -0.15) is 0 Å². The molecule has 1 rings (SSSR count). The first-order chi connectivity index (χ1) is 8.88. The van der Waals surface area contributed by atoms with Crippen LogP contribution in [0.2, 0.25) is 5.02 Å². The van der Waals surface area contributed by atoms with Gasteiger partial charge < -0.3 is 4.74 Å². The number of hydrogen-bond acceptors (Lipinski definition) is 3. The fourth-order valence-electron chi connectivity index (χ4n) is 1.53. The molecule has 1 aromatic carbocycles. The summed E-state index contributed by atoms with van der Waals surface area (Å²) in [7, 11) is -3.32. The minimum Gasteiger partial charge on any atom is -0.492 e. The third kappa shape index (κ3) is 7.77. The van der Waals surface area contributed by atoms with E-state index in [0.29, 0.717) is 23.8 Å². The number of sulfonamides is 1. The van der Waals surface area contributed by atoms with E-state index in [-0.39, 0.29) is 5.75 Å². The van der Waals surface area contributed by atoms with Crippen LogP contribution in [-0.4, -0.2) is 20.8 Å². The molecule has 19 heavy (non-hydrogen) atoms. The summed E-state index contributed by atoms with van der Waals surface area (Å²) in [5, 5.41) is 5.49. The second kappa shape index (κ2) is 8.09. The van der Waals surface area contributed by atoms with Gasteiger partial charge in [0.15, 0.2) is 0 Å². The number of nitrogens with two attached hydrogens (primary N) is 1. The molecule has 0 radical (unpaired) electrons. The zero-order valence-corrected chi connectivity index (χ0v) is 13.6. The molecule has 0 unspecified atom stereocenters. The van der Waals surface area contributed by atoms with E-state index in [1.54, 1.807) is 6.07 Å². The molecule has 0 spiro atoms. The van der Waals surface area contributed by atoms with E-state index in [9.17, 15) is 8.42 Å². The molecule has 7 heteroatoms. The standard InChI is InChI=1S/C12H17BrClNO3S/c13-10-5-6-11(14)12(9-10)18-7-3-1-2-4-8-19(15,16)17/h5-6,9H,1-4,7-8H2,(H2,15,16,17). The highest BCUT2D eigenvalue weighted by molar-refractivity contribution is 9.10. The first kappa shape index (κ1) is 16.8. The van der Waals surface area contributed by atoms with Gasteiger partial charge in [0, 0.05) is 4.47 Å². The van der Waals surface area contributed by atoms with Crippen molar-refractivity contribution in [2.24, 2.45) is 5.14 Å². The lowest BCUT2D eigenvalue weighted by Crippen LogP contribution is -2.16. The Labute approximate surface area is 127 Å². The van der Waals surface area contributed by atoms with E-state index in [1.165, 1.54) is 0 Å². The van der Waals surface area contributed by atoms with Crippen molar-refractivity contribution in [3.05, 3.63) is 27.7 Å². The number of primary sulfonamides is 1. The van der Waals surface area contributed by atoms with E-state index in [4.69, 9.17) is 21.5 Å². The second-order valence-electron chi connectivity index (χ2n) is 4.20. The van der Waals surface area contributed by atoms with E-state index >= 15 is 0 Å². The van der Waals surface area contributed by atoms with Crippen molar-refractivity contribution >= 4 is 37.6 Å². The van der Waals surface area contributed by atoms with E-state index in [1.807, 2.05) is 12.1 Å². The van der Waals surface area contributed by atoms with Gasteiger partial charge in [-0.3, -0.25) is 0 Å². The number of hydrogen-bond donors (Lipinski definition) is 1. The van der Waals surface area contributed by atoms with Crippen LogP contribution in [0.4, 0.5) is 0 Å².